The lowest BCUT2D eigenvalue weighted by atomic mass is 10.0. The van der Waals surface area contributed by atoms with Crippen molar-refractivity contribution in [2.75, 3.05) is 25.4 Å². The van der Waals surface area contributed by atoms with E-state index in [0.29, 0.717) is 22.3 Å². The van der Waals surface area contributed by atoms with Crippen LogP contribution in [0.1, 0.15) is 26.3 Å². The maximum absolute atomic E-state index is 11.8. The van der Waals surface area contributed by atoms with E-state index in [1.165, 1.54) is 6.07 Å². The molecule has 1 aliphatic rings. The third kappa shape index (κ3) is 3.50. The molecule has 1 fully saturated rings. The molecule has 0 saturated carbocycles. The van der Waals surface area contributed by atoms with Crippen molar-refractivity contribution < 1.29 is 18.1 Å². The highest BCUT2D eigenvalue weighted by atomic mass is 79.9. The Labute approximate surface area is 155 Å². The first-order chi connectivity index (χ1) is 11.2. The van der Waals surface area contributed by atoms with Crippen LogP contribution in [0.5, 0.6) is 0 Å². The van der Waals surface area contributed by atoms with Crippen molar-refractivity contribution in [3.63, 3.8) is 0 Å². The van der Waals surface area contributed by atoms with Gasteiger partial charge in [-0.25, -0.2) is 18.5 Å². The number of aliphatic hydroxyl groups is 1. The number of thioether (sulfide) groups is 1. The molecule has 1 atom stereocenters. The second-order valence-electron chi connectivity index (χ2n) is 5.49. The van der Waals surface area contributed by atoms with Crippen LogP contribution >= 0.6 is 27.7 Å². The number of nitrogens with zero attached hydrogens (tertiary/aromatic N) is 2. The summed E-state index contributed by atoms with van der Waals surface area (Å²) in [5, 5.41) is 17.6. The van der Waals surface area contributed by atoms with E-state index in [1.54, 1.807) is 23.9 Å². The molecule has 1 aliphatic heterocycles. The third-order valence-corrected chi connectivity index (χ3v) is 7.32. The maximum Gasteiger partial charge on any atom is 0.311 e. The summed E-state index contributed by atoms with van der Waals surface area (Å²) >= 11 is 4.79. The van der Waals surface area contributed by atoms with Crippen molar-refractivity contribution in [2.45, 2.75) is 31.4 Å². The highest BCUT2D eigenvalue weighted by molar-refractivity contribution is 9.10. The van der Waals surface area contributed by atoms with Gasteiger partial charge in [-0.3, -0.25) is 4.58 Å². The summed E-state index contributed by atoms with van der Waals surface area (Å²) in [5.41, 5.74) is -0.747. The molecule has 0 radical (unpaired) electrons. The molecule has 0 amide bonds. The number of amidine groups is 1. The van der Waals surface area contributed by atoms with Gasteiger partial charge in [0.25, 0.3) is 0 Å². The van der Waals surface area contributed by atoms with E-state index in [1.807, 2.05) is 11.8 Å². The fourth-order valence-corrected chi connectivity index (χ4v) is 5.93. The van der Waals surface area contributed by atoms with Gasteiger partial charge >= 0.3 is 5.17 Å². The monoisotopic (exact) mass is 436 g/mol. The summed E-state index contributed by atoms with van der Waals surface area (Å²) in [6.45, 7) is 8.40. The number of primary sulfonamides is 1. The predicted molar refractivity (Wildman–Crippen MR) is 101 cm³/mol. The summed E-state index contributed by atoms with van der Waals surface area (Å²) in [7, 11) is -3.88. The zero-order chi connectivity index (χ0) is 18.1. The smallest absolute Gasteiger partial charge is 0.311 e. The van der Waals surface area contributed by atoms with Crippen LogP contribution < -0.4 is 5.14 Å². The van der Waals surface area contributed by atoms with E-state index in [9.17, 15) is 13.5 Å². The second kappa shape index (κ2) is 7.33. The lowest BCUT2D eigenvalue weighted by Gasteiger charge is -2.28. The molecule has 9 heteroatoms. The molecule has 1 saturated heterocycles. The van der Waals surface area contributed by atoms with Crippen molar-refractivity contribution >= 4 is 42.9 Å². The highest BCUT2D eigenvalue weighted by Gasteiger charge is 2.51. The molecule has 6 nitrogen and oxygen atoms in total. The maximum atomic E-state index is 11.8. The highest BCUT2D eigenvalue weighted by Crippen LogP contribution is 2.40. The molecule has 0 bridgehead atoms. The Morgan fingerprint density at radius 3 is 2.50 bits per heavy atom. The molecule has 1 heterocycles. The van der Waals surface area contributed by atoms with E-state index >= 15 is 0 Å². The molecule has 1 aromatic rings. The summed E-state index contributed by atoms with van der Waals surface area (Å²) in [6, 6.07) is 4.79. The van der Waals surface area contributed by atoms with Crippen LogP contribution in [0.4, 0.5) is 0 Å². The minimum atomic E-state index is -3.88. The Balaban J connectivity index is 2.58. The lowest BCUT2D eigenvalue weighted by molar-refractivity contribution is -0.523. The fraction of sp³-hybridized carbons (Fsp3) is 0.533. The Kier molecular flexibility index (Phi) is 6.02. The number of hydrogen-bond donors (Lipinski definition) is 2. The average molecular weight is 437 g/mol. The Morgan fingerprint density at radius 1 is 1.38 bits per heavy atom. The molecule has 24 heavy (non-hydrogen) atoms. The van der Waals surface area contributed by atoms with Crippen molar-refractivity contribution in [1.29, 1.82) is 0 Å². The molecule has 1 unspecified atom stereocenters. The van der Waals surface area contributed by atoms with Crippen LogP contribution in [-0.4, -0.2) is 53.6 Å². The molecule has 0 aliphatic carbocycles. The molecular weight excluding hydrogens is 414 g/mol. The third-order valence-electron chi connectivity index (χ3n) is 4.13. The van der Waals surface area contributed by atoms with E-state index in [0.717, 1.165) is 18.3 Å². The topological polar surface area (TPSA) is 86.6 Å². The summed E-state index contributed by atoms with van der Waals surface area (Å²) in [6.07, 6.45) is 0. The first-order valence-electron chi connectivity index (χ1n) is 7.76. The SMILES string of the molecule is CCN1C(=[N+](CC)CC)SCC1(O)c1ccc(Br)c(S(N)(=O)=O)c1. The van der Waals surface area contributed by atoms with Crippen molar-refractivity contribution in [1.82, 2.24) is 4.90 Å². The van der Waals surface area contributed by atoms with E-state index in [-0.39, 0.29) is 4.90 Å². The van der Waals surface area contributed by atoms with Gasteiger partial charge in [0.1, 0.15) is 0 Å². The van der Waals surface area contributed by atoms with Gasteiger partial charge in [-0.2, -0.15) is 0 Å². The van der Waals surface area contributed by atoms with Gasteiger partial charge in [-0.05, 0) is 60.6 Å². The van der Waals surface area contributed by atoms with Gasteiger partial charge in [-0.1, -0.05) is 6.07 Å². The van der Waals surface area contributed by atoms with Crippen LogP contribution in [0, 0.1) is 0 Å². The number of halogens is 1. The van der Waals surface area contributed by atoms with Crippen LogP contribution in [-0.2, 0) is 15.7 Å². The summed E-state index contributed by atoms with van der Waals surface area (Å²) in [5.74, 6) is 0.429. The zero-order valence-electron chi connectivity index (χ0n) is 14.0. The zero-order valence-corrected chi connectivity index (χ0v) is 17.2. The molecular formula is C15H23BrN3O3S2+. The van der Waals surface area contributed by atoms with Crippen LogP contribution in [0.15, 0.2) is 27.6 Å². The van der Waals surface area contributed by atoms with E-state index in [4.69, 9.17) is 5.14 Å². The number of hydrogen-bond acceptors (Lipinski definition) is 4. The van der Waals surface area contributed by atoms with Gasteiger partial charge in [0.2, 0.25) is 15.7 Å². The predicted octanol–water partition coefficient (Wildman–Crippen LogP) is 1.72. The number of nitrogens with two attached hydrogens (primary N) is 1. The molecule has 1 aromatic carbocycles. The summed E-state index contributed by atoms with van der Waals surface area (Å²) < 4.78 is 26.1. The largest absolute Gasteiger partial charge is 0.349 e. The van der Waals surface area contributed by atoms with Crippen LogP contribution in [0.25, 0.3) is 0 Å². The van der Waals surface area contributed by atoms with E-state index in [2.05, 4.69) is 34.4 Å². The van der Waals surface area contributed by atoms with Crippen LogP contribution in [0.3, 0.4) is 0 Å². The van der Waals surface area contributed by atoms with Crippen LogP contribution in [0.2, 0.25) is 0 Å². The Bertz CT molecular complexity index is 761. The number of benzene rings is 1. The molecule has 0 aromatic heterocycles. The van der Waals surface area contributed by atoms with Crippen molar-refractivity contribution in [3.8, 4) is 0 Å². The normalized spacial score (nSPS) is 21.4. The number of sulfonamides is 1. The molecule has 3 N–H and O–H groups in total. The van der Waals surface area contributed by atoms with Gasteiger partial charge < -0.3 is 5.11 Å². The lowest BCUT2D eigenvalue weighted by Crippen LogP contribution is -2.47. The Hall–Kier alpha value is -0.610. The minimum absolute atomic E-state index is 0.0224. The van der Waals surface area contributed by atoms with Gasteiger partial charge in [-0.15, -0.1) is 0 Å². The first-order valence-corrected chi connectivity index (χ1v) is 11.1. The second-order valence-corrected chi connectivity index (χ2v) is 8.82. The van der Waals surface area contributed by atoms with Crippen molar-refractivity contribution in [2.24, 2.45) is 5.14 Å². The van der Waals surface area contributed by atoms with Crippen molar-refractivity contribution in [3.05, 3.63) is 28.2 Å². The standard InChI is InChI=1S/C15H23BrN3O3S2/c1-4-18(5-2)14-19(6-3)15(20,10-23-14)11-7-8-12(16)13(9-11)24(17,21)22/h7-9,20H,4-6,10H2,1-3H3,(H2,17,21,22)/q+1. The average Bonchev–Trinajstić information content (AvgIpc) is 2.86. The number of rotatable bonds is 5. The van der Waals surface area contributed by atoms with Gasteiger partial charge in [0.15, 0.2) is 0 Å². The minimum Gasteiger partial charge on any atom is -0.349 e. The molecule has 2 rings (SSSR count). The molecule has 0 spiro atoms. The fourth-order valence-electron chi connectivity index (χ4n) is 2.84. The van der Waals surface area contributed by atoms with Gasteiger partial charge in [0.05, 0.1) is 30.3 Å². The van der Waals surface area contributed by atoms with E-state index < -0.39 is 15.7 Å². The van der Waals surface area contributed by atoms with Gasteiger partial charge in [0, 0.05) is 10.0 Å². The Morgan fingerprint density at radius 2 is 2.00 bits per heavy atom. The summed E-state index contributed by atoms with van der Waals surface area (Å²) in [4.78, 5) is 1.90. The first kappa shape index (κ1) is 19.7. The molecule has 134 valence electrons. The quantitative estimate of drug-likeness (QED) is 0.686.